The van der Waals surface area contributed by atoms with E-state index in [2.05, 4.69) is 44.0 Å². The maximum Gasteiger partial charge on any atom is 0.494 e. The second-order valence-corrected chi connectivity index (χ2v) is 5.88. The maximum atomic E-state index is 6.02. The number of benzene rings is 1. The second-order valence-electron chi connectivity index (χ2n) is 5.88. The average molecular weight is 244 g/mol. The minimum atomic E-state index is -0.323. The van der Waals surface area contributed by atoms with Gasteiger partial charge in [-0.15, -0.1) is 0 Å². The number of nitrogens with zero attached hydrogens (tertiary/aromatic N) is 2. The number of hydrogen-bond donors (Lipinski definition) is 0. The summed E-state index contributed by atoms with van der Waals surface area (Å²) in [5.41, 5.74) is 2.49. The van der Waals surface area contributed by atoms with Crippen molar-refractivity contribution in [2.24, 2.45) is 10.2 Å². The van der Waals surface area contributed by atoms with Gasteiger partial charge in [-0.3, -0.25) is 0 Å². The Morgan fingerprint density at radius 3 is 2.44 bits per heavy atom. The van der Waals surface area contributed by atoms with Crippen molar-refractivity contribution in [3.05, 3.63) is 23.8 Å². The molecule has 0 spiro atoms. The highest BCUT2D eigenvalue weighted by Gasteiger charge is 2.51. The van der Waals surface area contributed by atoms with Crippen LogP contribution in [0.5, 0.6) is 0 Å². The Bertz CT molecular complexity index is 510. The van der Waals surface area contributed by atoms with E-state index in [9.17, 15) is 0 Å². The van der Waals surface area contributed by atoms with Gasteiger partial charge in [0.1, 0.15) is 0 Å². The quantitative estimate of drug-likeness (QED) is 0.712. The van der Waals surface area contributed by atoms with Gasteiger partial charge in [0.15, 0.2) is 0 Å². The molecule has 1 aromatic rings. The Morgan fingerprint density at radius 1 is 1.11 bits per heavy atom. The molecule has 2 aliphatic rings. The summed E-state index contributed by atoms with van der Waals surface area (Å²) in [6, 6.07) is 6.10. The summed E-state index contributed by atoms with van der Waals surface area (Å²) in [5, 5.41) is 8.14. The van der Waals surface area contributed by atoms with E-state index >= 15 is 0 Å². The van der Waals surface area contributed by atoms with Crippen molar-refractivity contribution in [1.29, 1.82) is 0 Å². The van der Waals surface area contributed by atoms with Crippen LogP contribution in [0.3, 0.4) is 0 Å². The third-order valence-electron chi connectivity index (χ3n) is 4.05. The second kappa shape index (κ2) is 3.65. The van der Waals surface area contributed by atoms with Gasteiger partial charge in [0, 0.05) is 5.56 Å². The summed E-state index contributed by atoms with van der Waals surface area (Å²) in [6.45, 7) is 8.90. The van der Waals surface area contributed by atoms with Crippen molar-refractivity contribution in [3.63, 3.8) is 0 Å². The minimum Gasteiger partial charge on any atom is -0.399 e. The molecular formula is C13H17BN2O2. The smallest absolute Gasteiger partial charge is 0.399 e. The first-order valence-corrected chi connectivity index (χ1v) is 6.25. The number of azo groups is 1. The highest BCUT2D eigenvalue weighted by Crippen LogP contribution is 2.37. The fourth-order valence-electron chi connectivity index (χ4n) is 2.12. The summed E-state index contributed by atoms with van der Waals surface area (Å²) < 4.78 is 12.0. The normalized spacial score (nSPS) is 23.4. The van der Waals surface area contributed by atoms with Crippen LogP contribution in [0.2, 0.25) is 0 Å². The zero-order valence-corrected chi connectivity index (χ0v) is 11.2. The third-order valence-corrected chi connectivity index (χ3v) is 4.05. The van der Waals surface area contributed by atoms with Gasteiger partial charge in [0.05, 0.1) is 23.4 Å². The number of rotatable bonds is 1. The Balaban J connectivity index is 1.91. The number of hydrogen-bond acceptors (Lipinski definition) is 4. The molecule has 0 aliphatic carbocycles. The Hall–Kier alpha value is -1.20. The molecule has 0 atom stereocenters. The molecule has 0 unspecified atom stereocenters. The molecule has 18 heavy (non-hydrogen) atoms. The van der Waals surface area contributed by atoms with Gasteiger partial charge in [-0.25, -0.2) is 0 Å². The number of fused-ring (bicyclic) bond motifs is 1. The molecule has 0 N–H and O–H groups in total. The molecule has 0 radical (unpaired) electrons. The van der Waals surface area contributed by atoms with Crippen LogP contribution in [0.25, 0.3) is 0 Å². The zero-order valence-electron chi connectivity index (χ0n) is 11.2. The van der Waals surface area contributed by atoms with Crippen molar-refractivity contribution in [2.45, 2.75) is 45.4 Å². The molecule has 94 valence electrons. The van der Waals surface area contributed by atoms with Crippen molar-refractivity contribution < 1.29 is 9.31 Å². The van der Waals surface area contributed by atoms with Crippen molar-refractivity contribution in [2.75, 3.05) is 0 Å². The minimum absolute atomic E-state index is 0.307. The summed E-state index contributed by atoms with van der Waals surface area (Å²) in [6.07, 6.45) is 0. The van der Waals surface area contributed by atoms with Gasteiger partial charge < -0.3 is 9.31 Å². The van der Waals surface area contributed by atoms with Crippen LogP contribution in [-0.2, 0) is 15.9 Å². The van der Waals surface area contributed by atoms with Crippen LogP contribution in [0.1, 0.15) is 33.3 Å². The maximum absolute atomic E-state index is 6.02. The first kappa shape index (κ1) is 11.9. The molecule has 1 saturated heterocycles. The molecule has 0 aromatic heterocycles. The van der Waals surface area contributed by atoms with Crippen LogP contribution in [0.4, 0.5) is 5.69 Å². The predicted molar refractivity (Wildman–Crippen MR) is 70.4 cm³/mol. The van der Waals surface area contributed by atoms with Gasteiger partial charge in [0.25, 0.3) is 0 Å². The van der Waals surface area contributed by atoms with E-state index in [1.165, 1.54) is 0 Å². The predicted octanol–water partition coefficient (Wildman–Crippen LogP) is 2.58. The van der Waals surface area contributed by atoms with E-state index in [0.717, 1.165) is 16.7 Å². The van der Waals surface area contributed by atoms with E-state index in [4.69, 9.17) is 9.31 Å². The molecule has 1 fully saturated rings. The largest absolute Gasteiger partial charge is 0.494 e. The van der Waals surface area contributed by atoms with E-state index in [-0.39, 0.29) is 18.3 Å². The van der Waals surface area contributed by atoms with Crippen LogP contribution in [-0.4, -0.2) is 18.3 Å². The summed E-state index contributed by atoms with van der Waals surface area (Å²) in [7, 11) is -0.323. The Morgan fingerprint density at radius 2 is 1.78 bits per heavy atom. The van der Waals surface area contributed by atoms with Crippen LogP contribution in [0.15, 0.2) is 28.4 Å². The molecule has 1 aromatic carbocycles. The molecule has 3 rings (SSSR count). The molecule has 2 heterocycles. The van der Waals surface area contributed by atoms with E-state index < -0.39 is 0 Å². The summed E-state index contributed by atoms with van der Waals surface area (Å²) in [4.78, 5) is 0. The highest BCUT2D eigenvalue weighted by atomic mass is 16.7. The lowest BCUT2D eigenvalue weighted by molar-refractivity contribution is 0.00578. The lowest BCUT2D eigenvalue weighted by Crippen LogP contribution is -2.41. The van der Waals surface area contributed by atoms with Gasteiger partial charge >= 0.3 is 7.12 Å². The van der Waals surface area contributed by atoms with Crippen molar-refractivity contribution in [1.82, 2.24) is 0 Å². The van der Waals surface area contributed by atoms with Crippen molar-refractivity contribution in [3.8, 4) is 0 Å². The lowest BCUT2D eigenvalue weighted by Gasteiger charge is -2.32. The fraction of sp³-hybridized carbons (Fsp3) is 0.538. The van der Waals surface area contributed by atoms with E-state index in [0.29, 0.717) is 6.54 Å². The van der Waals surface area contributed by atoms with Crippen LogP contribution < -0.4 is 5.46 Å². The molecular weight excluding hydrogens is 227 g/mol. The molecule has 0 bridgehead atoms. The van der Waals surface area contributed by atoms with Gasteiger partial charge in [-0.1, -0.05) is 12.1 Å². The lowest BCUT2D eigenvalue weighted by atomic mass is 9.78. The molecule has 4 nitrogen and oxygen atoms in total. The van der Waals surface area contributed by atoms with Gasteiger partial charge in [-0.2, -0.15) is 10.2 Å². The van der Waals surface area contributed by atoms with E-state index in [1.807, 2.05) is 12.1 Å². The standard InChI is InChI=1S/C13H17BN2O2/c1-12(2)13(3,4)18-14(17-12)10-6-5-9-8-15-16-11(9)7-10/h5-7H,8H2,1-4H3. The zero-order chi connectivity index (χ0) is 13.0. The first-order valence-electron chi connectivity index (χ1n) is 6.25. The Kier molecular flexibility index (Phi) is 2.41. The Labute approximate surface area is 108 Å². The summed E-state index contributed by atoms with van der Waals surface area (Å²) in [5.74, 6) is 0. The SMILES string of the molecule is CC1(C)OB(c2ccc3c(c2)N=NC3)OC1(C)C. The molecule has 0 saturated carbocycles. The van der Waals surface area contributed by atoms with Gasteiger partial charge in [0.2, 0.25) is 0 Å². The van der Waals surface area contributed by atoms with Crippen LogP contribution in [0, 0.1) is 0 Å². The molecule has 0 amide bonds. The first-order chi connectivity index (χ1) is 8.39. The summed E-state index contributed by atoms with van der Waals surface area (Å²) >= 11 is 0. The molecule has 2 aliphatic heterocycles. The monoisotopic (exact) mass is 244 g/mol. The average Bonchev–Trinajstić information content (AvgIpc) is 2.80. The highest BCUT2D eigenvalue weighted by molar-refractivity contribution is 6.62. The van der Waals surface area contributed by atoms with Crippen molar-refractivity contribution >= 4 is 18.3 Å². The third kappa shape index (κ3) is 1.69. The van der Waals surface area contributed by atoms with Gasteiger partial charge in [-0.05, 0) is 39.2 Å². The van der Waals surface area contributed by atoms with E-state index in [1.54, 1.807) is 0 Å². The fourth-order valence-corrected chi connectivity index (χ4v) is 2.12. The topological polar surface area (TPSA) is 43.2 Å². The van der Waals surface area contributed by atoms with Crippen LogP contribution >= 0.6 is 0 Å². The molecule has 5 heteroatoms.